The van der Waals surface area contributed by atoms with Gasteiger partial charge in [-0.05, 0) is 37.1 Å². The Balaban J connectivity index is 1.70. The van der Waals surface area contributed by atoms with Gasteiger partial charge in [0.05, 0.1) is 26.5 Å². The third-order valence-electron chi connectivity index (χ3n) is 5.30. The molecule has 1 aliphatic carbocycles. The van der Waals surface area contributed by atoms with Crippen LogP contribution in [0.3, 0.4) is 0 Å². The molecule has 0 aliphatic heterocycles. The number of rotatable bonds is 10. The average molecular weight is 427 g/mol. The van der Waals surface area contributed by atoms with Crippen molar-refractivity contribution in [3.05, 3.63) is 54.9 Å². The van der Waals surface area contributed by atoms with Gasteiger partial charge in [-0.2, -0.15) is 0 Å². The zero-order valence-corrected chi connectivity index (χ0v) is 18.3. The first-order valence-corrected chi connectivity index (χ1v) is 10.2. The molecular weight excluding hydrogens is 396 g/mol. The maximum Gasteiger partial charge on any atom is 0.322 e. The Morgan fingerprint density at radius 1 is 1.26 bits per heavy atom. The third-order valence-corrected chi connectivity index (χ3v) is 5.30. The fraction of sp³-hybridized carbons (Fsp3) is 0.391. The normalized spacial score (nSPS) is 12.7. The first-order valence-electron chi connectivity index (χ1n) is 10.2. The summed E-state index contributed by atoms with van der Waals surface area (Å²) >= 11 is 0. The fourth-order valence-electron chi connectivity index (χ4n) is 3.37. The van der Waals surface area contributed by atoms with Crippen molar-refractivity contribution in [2.75, 3.05) is 32.6 Å². The molecule has 1 saturated carbocycles. The fourth-order valence-corrected chi connectivity index (χ4v) is 3.37. The summed E-state index contributed by atoms with van der Waals surface area (Å²) in [4.78, 5) is 29.4. The lowest BCUT2D eigenvalue weighted by Crippen LogP contribution is -2.45. The number of ether oxygens (including phenoxy) is 2. The Hall–Kier alpha value is -3.42. The van der Waals surface area contributed by atoms with Crippen molar-refractivity contribution < 1.29 is 19.1 Å². The van der Waals surface area contributed by atoms with E-state index in [4.69, 9.17) is 9.47 Å². The predicted octanol–water partition coefficient (Wildman–Crippen LogP) is 3.25. The molecule has 0 spiro atoms. The number of urea groups is 1. The number of carbonyl (C=O) groups is 2. The summed E-state index contributed by atoms with van der Waals surface area (Å²) in [5.74, 6) is 1.01. The van der Waals surface area contributed by atoms with Gasteiger partial charge in [0.1, 0.15) is 18.0 Å². The van der Waals surface area contributed by atoms with Crippen LogP contribution in [-0.4, -0.2) is 59.7 Å². The Labute approximate surface area is 183 Å². The summed E-state index contributed by atoms with van der Waals surface area (Å²) in [5.41, 5.74) is 1.56. The highest BCUT2D eigenvalue weighted by Gasteiger charge is 2.34. The smallest absolute Gasteiger partial charge is 0.322 e. The number of aromatic nitrogens is 1. The van der Waals surface area contributed by atoms with Gasteiger partial charge in [-0.1, -0.05) is 6.08 Å². The van der Waals surface area contributed by atoms with Crippen LogP contribution in [0.25, 0.3) is 0 Å². The zero-order valence-electron chi connectivity index (χ0n) is 18.3. The molecule has 1 aliphatic rings. The number of amides is 3. The number of aryl methyl sites for hydroxylation is 1. The van der Waals surface area contributed by atoms with Gasteiger partial charge in [0.15, 0.2) is 0 Å². The molecule has 3 rings (SSSR count). The lowest BCUT2D eigenvalue weighted by Gasteiger charge is -2.27. The van der Waals surface area contributed by atoms with Crippen molar-refractivity contribution in [2.24, 2.45) is 7.05 Å². The first-order chi connectivity index (χ1) is 15.0. The van der Waals surface area contributed by atoms with E-state index in [0.29, 0.717) is 23.7 Å². The molecule has 1 fully saturated rings. The van der Waals surface area contributed by atoms with Crippen LogP contribution in [0.4, 0.5) is 10.5 Å². The van der Waals surface area contributed by atoms with E-state index in [1.54, 1.807) is 31.4 Å². The van der Waals surface area contributed by atoms with Crippen molar-refractivity contribution in [1.82, 2.24) is 14.4 Å². The summed E-state index contributed by atoms with van der Waals surface area (Å²) in [6.45, 7) is 4.48. The van der Waals surface area contributed by atoms with Gasteiger partial charge < -0.3 is 29.2 Å². The van der Waals surface area contributed by atoms with E-state index < -0.39 is 6.03 Å². The molecule has 166 valence electrons. The Bertz CT molecular complexity index is 935. The van der Waals surface area contributed by atoms with Gasteiger partial charge >= 0.3 is 6.03 Å². The Kier molecular flexibility index (Phi) is 7.23. The monoisotopic (exact) mass is 426 g/mol. The molecule has 31 heavy (non-hydrogen) atoms. The molecule has 1 N–H and O–H groups in total. The van der Waals surface area contributed by atoms with E-state index in [-0.39, 0.29) is 25.0 Å². The van der Waals surface area contributed by atoms with E-state index in [1.165, 1.54) is 12.0 Å². The highest BCUT2D eigenvalue weighted by molar-refractivity contribution is 5.94. The maximum atomic E-state index is 13.1. The highest BCUT2D eigenvalue weighted by Crippen LogP contribution is 2.30. The molecule has 0 radical (unpaired) electrons. The number of hydrogen-bond acceptors (Lipinski definition) is 4. The van der Waals surface area contributed by atoms with Crippen LogP contribution in [0.2, 0.25) is 0 Å². The highest BCUT2D eigenvalue weighted by atomic mass is 16.5. The van der Waals surface area contributed by atoms with Crippen LogP contribution in [-0.2, 0) is 18.4 Å². The molecule has 1 aromatic heterocycles. The number of nitrogens with zero attached hydrogens (tertiary/aromatic N) is 3. The second-order valence-electron chi connectivity index (χ2n) is 7.53. The second kappa shape index (κ2) is 10.1. The number of anilines is 1. The van der Waals surface area contributed by atoms with Gasteiger partial charge in [-0.15, -0.1) is 6.58 Å². The molecule has 0 bridgehead atoms. The molecule has 8 nitrogen and oxygen atoms in total. The van der Waals surface area contributed by atoms with E-state index in [9.17, 15) is 9.59 Å². The lowest BCUT2D eigenvalue weighted by atomic mass is 10.2. The molecule has 0 saturated heterocycles. The molecular formula is C23H30N4O4. The van der Waals surface area contributed by atoms with Gasteiger partial charge in [0, 0.05) is 37.6 Å². The summed E-state index contributed by atoms with van der Waals surface area (Å²) in [5, 5.41) is 2.83. The number of nitrogens with one attached hydrogen (secondary N) is 1. The zero-order chi connectivity index (χ0) is 22.4. The minimum Gasteiger partial charge on any atom is -0.497 e. The van der Waals surface area contributed by atoms with Crippen LogP contribution in [0.15, 0.2) is 49.2 Å². The Morgan fingerprint density at radius 2 is 2.03 bits per heavy atom. The summed E-state index contributed by atoms with van der Waals surface area (Å²) in [6.07, 6.45) is 5.56. The standard InChI is InChI=1S/C23H30N4O4/c1-5-12-26(23(29)24-20-11-10-19(30-3)14-21(20)31-4)16-22(28)27(17-8-9-17)15-18-7-6-13-25(18)2/h5-7,10-11,13-14,17H,1,8-9,12,15-16H2,2-4H3,(H,24,29). The number of carbonyl (C=O) groups excluding carboxylic acids is 2. The van der Waals surface area contributed by atoms with E-state index >= 15 is 0 Å². The maximum absolute atomic E-state index is 13.1. The molecule has 8 heteroatoms. The second-order valence-corrected chi connectivity index (χ2v) is 7.53. The summed E-state index contributed by atoms with van der Waals surface area (Å²) in [6, 6.07) is 8.93. The number of methoxy groups -OCH3 is 2. The van der Waals surface area contributed by atoms with E-state index in [0.717, 1.165) is 18.5 Å². The molecule has 1 aromatic carbocycles. The van der Waals surface area contributed by atoms with Crippen molar-refractivity contribution in [3.63, 3.8) is 0 Å². The van der Waals surface area contributed by atoms with Gasteiger partial charge in [-0.3, -0.25) is 4.79 Å². The van der Waals surface area contributed by atoms with Gasteiger partial charge in [-0.25, -0.2) is 4.79 Å². The van der Waals surface area contributed by atoms with Crippen LogP contribution < -0.4 is 14.8 Å². The summed E-state index contributed by atoms with van der Waals surface area (Å²) in [7, 11) is 5.04. The van der Waals surface area contributed by atoms with Crippen molar-refractivity contribution >= 4 is 17.6 Å². The third kappa shape index (κ3) is 5.59. The van der Waals surface area contributed by atoms with Crippen LogP contribution in [0.1, 0.15) is 18.5 Å². The van der Waals surface area contributed by atoms with Crippen LogP contribution in [0.5, 0.6) is 11.5 Å². The average Bonchev–Trinajstić information content (AvgIpc) is 3.53. The molecule has 0 atom stereocenters. The lowest BCUT2D eigenvalue weighted by molar-refractivity contribution is -0.133. The molecule has 1 heterocycles. The molecule has 0 unspecified atom stereocenters. The van der Waals surface area contributed by atoms with Crippen molar-refractivity contribution in [2.45, 2.75) is 25.4 Å². The molecule has 3 amide bonds. The SMILES string of the molecule is C=CCN(CC(=O)N(Cc1cccn1C)C1CC1)C(=O)Nc1ccc(OC)cc1OC. The van der Waals surface area contributed by atoms with E-state index in [1.807, 2.05) is 34.8 Å². The largest absolute Gasteiger partial charge is 0.497 e. The van der Waals surface area contributed by atoms with Gasteiger partial charge in [0.2, 0.25) is 5.91 Å². The molecule has 2 aromatic rings. The first kappa shape index (κ1) is 22.3. The van der Waals surface area contributed by atoms with Crippen molar-refractivity contribution in [1.29, 1.82) is 0 Å². The van der Waals surface area contributed by atoms with E-state index in [2.05, 4.69) is 11.9 Å². The Morgan fingerprint density at radius 3 is 2.61 bits per heavy atom. The quantitative estimate of drug-likeness (QED) is 0.592. The number of hydrogen-bond donors (Lipinski definition) is 1. The summed E-state index contributed by atoms with van der Waals surface area (Å²) < 4.78 is 12.5. The topological polar surface area (TPSA) is 76.0 Å². The number of benzene rings is 1. The van der Waals surface area contributed by atoms with Crippen LogP contribution in [0, 0.1) is 0 Å². The minimum atomic E-state index is -0.397. The van der Waals surface area contributed by atoms with Gasteiger partial charge in [0.25, 0.3) is 0 Å². The predicted molar refractivity (Wildman–Crippen MR) is 119 cm³/mol. The minimum absolute atomic E-state index is 0.0305. The van der Waals surface area contributed by atoms with Crippen LogP contribution >= 0.6 is 0 Å². The van der Waals surface area contributed by atoms with Crippen molar-refractivity contribution in [3.8, 4) is 11.5 Å².